The Hall–Kier alpha value is -3.27. The summed E-state index contributed by atoms with van der Waals surface area (Å²) in [5.74, 6) is 1.06. The smallest absolute Gasteiger partial charge is 0.423 e. The molecule has 3 N–H and O–H groups in total. The molecule has 0 bridgehead atoms. The van der Waals surface area contributed by atoms with Gasteiger partial charge in [0.25, 0.3) is 0 Å². The monoisotopic (exact) mass is 471 g/mol. The zero-order valence-corrected chi connectivity index (χ0v) is 19.6. The molecule has 6 rings (SSSR count). The molecule has 0 saturated carbocycles. The number of rotatable bonds is 5. The molecule has 1 atom stereocenters. The van der Waals surface area contributed by atoms with Crippen LogP contribution in [0.5, 0.6) is 0 Å². The molecular formula is C26H27BFN5O2. The fourth-order valence-electron chi connectivity index (χ4n) is 5.58. The molecule has 7 nitrogen and oxygen atoms in total. The van der Waals surface area contributed by atoms with E-state index in [1.54, 1.807) is 12.1 Å². The van der Waals surface area contributed by atoms with E-state index in [2.05, 4.69) is 10.2 Å². The number of halogens is 1. The van der Waals surface area contributed by atoms with E-state index in [9.17, 15) is 14.4 Å². The van der Waals surface area contributed by atoms with Crippen LogP contribution in [0, 0.1) is 12.7 Å². The van der Waals surface area contributed by atoms with E-state index in [1.807, 2.05) is 35.8 Å². The Kier molecular flexibility index (Phi) is 5.55. The summed E-state index contributed by atoms with van der Waals surface area (Å²) in [6.07, 6.45) is 3.27. The molecule has 0 aliphatic carbocycles. The Morgan fingerprint density at radius 2 is 2.00 bits per heavy atom. The Bertz CT molecular complexity index is 1420. The highest BCUT2D eigenvalue weighted by atomic mass is 19.1. The summed E-state index contributed by atoms with van der Waals surface area (Å²) in [6.45, 7) is 4.29. The van der Waals surface area contributed by atoms with Gasteiger partial charge in [0.2, 0.25) is 5.95 Å². The maximum Gasteiger partial charge on any atom is 0.489 e. The minimum absolute atomic E-state index is 0.257. The van der Waals surface area contributed by atoms with Gasteiger partial charge in [-0.15, -0.1) is 0 Å². The molecule has 4 aromatic rings. The fraction of sp³-hybridized carbons (Fsp3) is 0.308. The number of anilines is 1. The molecule has 0 radical (unpaired) electrons. The van der Waals surface area contributed by atoms with Crippen molar-refractivity contribution in [1.82, 2.24) is 19.4 Å². The fourth-order valence-corrected chi connectivity index (χ4v) is 5.58. The van der Waals surface area contributed by atoms with Gasteiger partial charge in [-0.25, -0.2) is 9.37 Å². The first-order valence-corrected chi connectivity index (χ1v) is 12.1. The first-order valence-electron chi connectivity index (χ1n) is 12.1. The van der Waals surface area contributed by atoms with E-state index in [1.165, 1.54) is 25.0 Å². The number of nitrogens with zero attached hydrogens (tertiary/aromatic N) is 4. The van der Waals surface area contributed by atoms with Gasteiger partial charge in [0, 0.05) is 35.8 Å². The largest absolute Gasteiger partial charge is 0.489 e. The van der Waals surface area contributed by atoms with Gasteiger partial charge < -0.3 is 15.4 Å². The van der Waals surface area contributed by atoms with E-state index in [4.69, 9.17) is 9.97 Å². The van der Waals surface area contributed by atoms with Gasteiger partial charge in [0.05, 0.1) is 11.2 Å². The van der Waals surface area contributed by atoms with Crippen molar-refractivity contribution in [1.29, 1.82) is 0 Å². The van der Waals surface area contributed by atoms with E-state index in [0.717, 1.165) is 58.7 Å². The van der Waals surface area contributed by atoms with E-state index in [0.29, 0.717) is 24.0 Å². The van der Waals surface area contributed by atoms with Crippen molar-refractivity contribution in [2.75, 3.05) is 11.9 Å². The predicted octanol–water partition coefficient (Wildman–Crippen LogP) is 2.68. The number of nitrogens with one attached hydrogen (secondary N) is 1. The van der Waals surface area contributed by atoms with E-state index >= 15 is 0 Å². The Morgan fingerprint density at radius 3 is 2.83 bits per heavy atom. The molecule has 9 heteroatoms. The molecule has 1 saturated heterocycles. The third-order valence-corrected chi connectivity index (χ3v) is 7.26. The zero-order chi connectivity index (χ0) is 24.1. The second kappa shape index (κ2) is 8.75. The second-order valence-electron chi connectivity index (χ2n) is 9.53. The number of aromatic nitrogens is 3. The Balaban J connectivity index is 1.46. The summed E-state index contributed by atoms with van der Waals surface area (Å²) in [4.78, 5) is 12.5. The molecule has 2 aliphatic rings. The lowest BCUT2D eigenvalue weighted by atomic mass is 9.78. The van der Waals surface area contributed by atoms with E-state index in [-0.39, 0.29) is 5.82 Å². The van der Waals surface area contributed by atoms with Crippen molar-refractivity contribution in [2.45, 2.75) is 45.3 Å². The minimum Gasteiger partial charge on any atom is -0.423 e. The molecule has 2 aromatic heterocycles. The predicted molar refractivity (Wildman–Crippen MR) is 134 cm³/mol. The average Bonchev–Trinajstić information content (AvgIpc) is 3.43. The Labute approximate surface area is 203 Å². The lowest BCUT2D eigenvalue weighted by molar-refractivity contribution is 0.223. The van der Waals surface area contributed by atoms with Crippen LogP contribution in [0.15, 0.2) is 48.5 Å². The summed E-state index contributed by atoms with van der Waals surface area (Å²) in [6, 6.07) is 14.5. The van der Waals surface area contributed by atoms with Crippen molar-refractivity contribution in [2.24, 2.45) is 0 Å². The van der Waals surface area contributed by atoms with Crippen LogP contribution in [-0.2, 0) is 19.5 Å². The Morgan fingerprint density at radius 1 is 1.14 bits per heavy atom. The molecule has 4 heterocycles. The molecule has 178 valence electrons. The summed E-state index contributed by atoms with van der Waals surface area (Å²) < 4.78 is 15.7. The first-order chi connectivity index (χ1) is 17.0. The molecule has 0 spiro atoms. The highest BCUT2D eigenvalue weighted by molar-refractivity contribution is 6.61. The quantitative estimate of drug-likeness (QED) is 0.388. The molecule has 1 unspecified atom stereocenters. The van der Waals surface area contributed by atoms with Crippen molar-refractivity contribution in [3.63, 3.8) is 0 Å². The summed E-state index contributed by atoms with van der Waals surface area (Å²) in [5, 5.41) is 23.9. The van der Waals surface area contributed by atoms with Gasteiger partial charge in [-0.1, -0.05) is 24.3 Å². The standard InChI is InChI=1S/C26H27BFN5O2/c1-16-11-20-22(27(34)35)8-3-9-24(20)33(16)26-30-23-15-32-10-4-7-19(32)13-21(23)25(31-26)29-14-17-5-2-6-18(28)12-17/h2-3,5-6,8-9,11-12,19,34-35H,4,7,10,13-15H2,1H3,(H,29,30,31). The van der Waals surface area contributed by atoms with Crippen LogP contribution in [0.2, 0.25) is 0 Å². The third-order valence-electron chi connectivity index (χ3n) is 7.26. The van der Waals surface area contributed by atoms with Crippen LogP contribution in [0.1, 0.15) is 35.4 Å². The first kappa shape index (κ1) is 22.2. The van der Waals surface area contributed by atoms with Crippen LogP contribution < -0.4 is 10.8 Å². The second-order valence-corrected chi connectivity index (χ2v) is 9.53. The number of hydrogen-bond acceptors (Lipinski definition) is 6. The van der Waals surface area contributed by atoms with Crippen LogP contribution >= 0.6 is 0 Å². The van der Waals surface area contributed by atoms with Gasteiger partial charge in [0.1, 0.15) is 11.6 Å². The summed E-state index contributed by atoms with van der Waals surface area (Å²) in [7, 11) is -1.56. The number of benzene rings is 2. The van der Waals surface area contributed by atoms with Crippen LogP contribution in [0.3, 0.4) is 0 Å². The highest BCUT2D eigenvalue weighted by Crippen LogP contribution is 2.34. The molecule has 35 heavy (non-hydrogen) atoms. The van der Waals surface area contributed by atoms with Crippen molar-refractivity contribution >= 4 is 29.3 Å². The lowest BCUT2D eigenvalue weighted by Crippen LogP contribution is -2.36. The number of fused-ring (bicyclic) bond motifs is 3. The maximum absolute atomic E-state index is 13.7. The van der Waals surface area contributed by atoms with Gasteiger partial charge in [-0.2, -0.15) is 4.98 Å². The minimum atomic E-state index is -1.56. The average molecular weight is 471 g/mol. The molecule has 2 aliphatic heterocycles. The summed E-state index contributed by atoms with van der Waals surface area (Å²) >= 11 is 0. The van der Waals surface area contributed by atoms with Crippen molar-refractivity contribution < 1.29 is 14.4 Å². The number of aryl methyl sites for hydroxylation is 1. The van der Waals surface area contributed by atoms with Gasteiger partial charge in [-0.3, -0.25) is 9.47 Å². The van der Waals surface area contributed by atoms with Crippen LogP contribution in [0.25, 0.3) is 16.9 Å². The third kappa shape index (κ3) is 3.99. The number of hydrogen-bond donors (Lipinski definition) is 3. The van der Waals surface area contributed by atoms with Crippen molar-refractivity contribution in [3.05, 3.63) is 76.9 Å². The van der Waals surface area contributed by atoms with Crippen molar-refractivity contribution in [3.8, 4) is 5.95 Å². The maximum atomic E-state index is 13.7. The normalized spacial score (nSPS) is 17.4. The molecule has 0 amide bonds. The van der Waals surface area contributed by atoms with Gasteiger partial charge in [0.15, 0.2) is 0 Å². The SMILES string of the molecule is Cc1cc2c(B(O)O)cccc2n1-c1nc2c(c(NCc3cccc(F)c3)n1)CC1CCCN1C2. The highest BCUT2D eigenvalue weighted by Gasteiger charge is 2.33. The zero-order valence-electron chi connectivity index (χ0n) is 19.6. The topological polar surface area (TPSA) is 86.4 Å². The van der Waals surface area contributed by atoms with Crippen LogP contribution in [0.4, 0.5) is 10.2 Å². The lowest BCUT2D eigenvalue weighted by Gasteiger charge is -2.32. The van der Waals surface area contributed by atoms with Crippen LogP contribution in [-0.4, -0.2) is 49.2 Å². The van der Waals surface area contributed by atoms with Gasteiger partial charge in [-0.05, 0) is 68.0 Å². The molecule has 1 fully saturated rings. The molecular weight excluding hydrogens is 444 g/mol. The molecule has 2 aromatic carbocycles. The summed E-state index contributed by atoms with van der Waals surface area (Å²) in [5.41, 5.74) is 5.16. The van der Waals surface area contributed by atoms with Gasteiger partial charge >= 0.3 is 7.12 Å². The van der Waals surface area contributed by atoms with E-state index < -0.39 is 7.12 Å².